The number of rotatable bonds is 7. The zero-order valence-electron chi connectivity index (χ0n) is 18.8. The van der Waals surface area contributed by atoms with E-state index in [1.807, 2.05) is 36.7 Å². The van der Waals surface area contributed by atoms with E-state index < -0.39 is 0 Å². The SMILES string of the molecule is Cc1nn(Cc2ccccc2)c(C)c1CNC(=O)c1c(C)nn(Cc2ccc(F)cc2)c1Cl. The van der Waals surface area contributed by atoms with E-state index in [0.29, 0.717) is 30.9 Å². The summed E-state index contributed by atoms with van der Waals surface area (Å²) < 4.78 is 16.7. The van der Waals surface area contributed by atoms with Gasteiger partial charge < -0.3 is 5.32 Å². The molecule has 0 saturated heterocycles. The summed E-state index contributed by atoms with van der Waals surface area (Å²) >= 11 is 6.49. The summed E-state index contributed by atoms with van der Waals surface area (Å²) in [6.07, 6.45) is 0. The second kappa shape index (κ2) is 9.58. The van der Waals surface area contributed by atoms with Crippen molar-refractivity contribution < 1.29 is 9.18 Å². The first-order chi connectivity index (χ1) is 15.8. The number of benzene rings is 2. The van der Waals surface area contributed by atoms with Gasteiger partial charge in [-0.3, -0.25) is 9.48 Å². The molecule has 0 fully saturated rings. The minimum absolute atomic E-state index is 0.252. The number of amides is 1. The van der Waals surface area contributed by atoms with Crippen LogP contribution in [0.5, 0.6) is 0 Å². The van der Waals surface area contributed by atoms with Crippen LogP contribution in [0.1, 0.15) is 44.1 Å². The molecule has 33 heavy (non-hydrogen) atoms. The van der Waals surface area contributed by atoms with Gasteiger partial charge in [0.25, 0.3) is 5.91 Å². The van der Waals surface area contributed by atoms with Crippen molar-refractivity contribution in [1.29, 1.82) is 0 Å². The minimum Gasteiger partial charge on any atom is -0.348 e. The molecule has 2 heterocycles. The third-order valence-electron chi connectivity index (χ3n) is 5.67. The number of carbonyl (C=O) groups excluding carboxylic acids is 1. The quantitative estimate of drug-likeness (QED) is 0.425. The fourth-order valence-corrected chi connectivity index (χ4v) is 4.16. The van der Waals surface area contributed by atoms with E-state index in [1.165, 1.54) is 12.1 Å². The first-order valence-corrected chi connectivity index (χ1v) is 11.0. The lowest BCUT2D eigenvalue weighted by Crippen LogP contribution is -2.24. The molecule has 1 amide bonds. The summed E-state index contributed by atoms with van der Waals surface area (Å²) in [4.78, 5) is 13.0. The molecule has 6 nitrogen and oxygen atoms in total. The molecule has 0 saturated carbocycles. The Hall–Kier alpha value is -3.45. The number of nitrogens with one attached hydrogen (secondary N) is 1. The van der Waals surface area contributed by atoms with E-state index in [9.17, 15) is 9.18 Å². The monoisotopic (exact) mass is 465 g/mol. The van der Waals surface area contributed by atoms with E-state index in [1.54, 1.807) is 23.7 Å². The molecule has 1 N–H and O–H groups in total. The molecule has 8 heteroatoms. The molecule has 0 bridgehead atoms. The van der Waals surface area contributed by atoms with Gasteiger partial charge in [-0.15, -0.1) is 0 Å². The maximum Gasteiger partial charge on any atom is 0.256 e. The zero-order valence-corrected chi connectivity index (χ0v) is 19.5. The molecule has 0 aliphatic heterocycles. The van der Waals surface area contributed by atoms with Crippen molar-refractivity contribution in [3.05, 3.63) is 105 Å². The number of carbonyl (C=O) groups is 1. The van der Waals surface area contributed by atoms with E-state index in [-0.39, 0.29) is 16.9 Å². The van der Waals surface area contributed by atoms with Crippen molar-refractivity contribution in [1.82, 2.24) is 24.9 Å². The lowest BCUT2D eigenvalue weighted by atomic mass is 10.1. The van der Waals surface area contributed by atoms with E-state index in [0.717, 1.165) is 28.1 Å². The predicted molar refractivity (Wildman–Crippen MR) is 126 cm³/mol. The van der Waals surface area contributed by atoms with Gasteiger partial charge in [0, 0.05) is 17.8 Å². The normalized spacial score (nSPS) is 11.1. The fourth-order valence-electron chi connectivity index (χ4n) is 3.84. The second-order valence-electron chi connectivity index (χ2n) is 8.01. The van der Waals surface area contributed by atoms with Gasteiger partial charge in [0.1, 0.15) is 11.0 Å². The highest BCUT2D eigenvalue weighted by Gasteiger charge is 2.21. The molecule has 0 aliphatic carbocycles. The van der Waals surface area contributed by atoms with E-state index in [4.69, 9.17) is 11.6 Å². The molecule has 0 radical (unpaired) electrons. The van der Waals surface area contributed by atoms with Crippen LogP contribution >= 0.6 is 11.6 Å². The van der Waals surface area contributed by atoms with Crippen molar-refractivity contribution in [3.8, 4) is 0 Å². The van der Waals surface area contributed by atoms with Gasteiger partial charge >= 0.3 is 0 Å². The minimum atomic E-state index is -0.306. The van der Waals surface area contributed by atoms with Gasteiger partial charge in [-0.25, -0.2) is 9.07 Å². The Bertz CT molecular complexity index is 1280. The molecule has 0 unspecified atom stereocenters. The van der Waals surface area contributed by atoms with Gasteiger partial charge in [-0.05, 0) is 44.0 Å². The molecule has 4 rings (SSSR count). The number of hydrogen-bond donors (Lipinski definition) is 1. The van der Waals surface area contributed by atoms with Gasteiger partial charge in [-0.1, -0.05) is 54.1 Å². The Morgan fingerprint density at radius 1 is 0.909 bits per heavy atom. The number of aryl methyl sites for hydroxylation is 2. The Balaban J connectivity index is 1.47. The largest absolute Gasteiger partial charge is 0.348 e. The highest BCUT2D eigenvalue weighted by atomic mass is 35.5. The smallest absolute Gasteiger partial charge is 0.256 e. The number of hydrogen-bond acceptors (Lipinski definition) is 3. The molecule has 170 valence electrons. The summed E-state index contributed by atoms with van der Waals surface area (Å²) in [6.45, 7) is 7.04. The summed E-state index contributed by atoms with van der Waals surface area (Å²) in [7, 11) is 0. The van der Waals surface area contributed by atoms with Crippen molar-refractivity contribution >= 4 is 17.5 Å². The van der Waals surface area contributed by atoms with Crippen LogP contribution in [-0.2, 0) is 19.6 Å². The highest BCUT2D eigenvalue weighted by Crippen LogP contribution is 2.22. The van der Waals surface area contributed by atoms with Crippen molar-refractivity contribution in [2.24, 2.45) is 0 Å². The third-order valence-corrected chi connectivity index (χ3v) is 6.05. The van der Waals surface area contributed by atoms with Crippen LogP contribution in [-0.4, -0.2) is 25.5 Å². The summed E-state index contributed by atoms with van der Waals surface area (Å²) in [5.41, 5.74) is 5.73. The molecule has 0 atom stereocenters. The number of halogens is 2. The number of nitrogens with zero attached hydrogens (tertiary/aromatic N) is 4. The Morgan fingerprint density at radius 3 is 2.21 bits per heavy atom. The molecular weight excluding hydrogens is 441 g/mol. The number of aromatic nitrogens is 4. The maximum atomic E-state index is 13.2. The first kappa shape index (κ1) is 22.7. The van der Waals surface area contributed by atoms with Crippen LogP contribution in [0, 0.1) is 26.6 Å². The van der Waals surface area contributed by atoms with Gasteiger partial charge in [0.2, 0.25) is 0 Å². The van der Waals surface area contributed by atoms with Crippen molar-refractivity contribution in [2.45, 2.75) is 40.4 Å². The van der Waals surface area contributed by atoms with Crippen LogP contribution in [0.15, 0.2) is 54.6 Å². The van der Waals surface area contributed by atoms with E-state index >= 15 is 0 Å². The lowest BCUT2D eigenvalue weighted by molar-refractivity contribution is 0.0950. The van der Waals surface area contributed by atoms with Crippen LogP contribution in [0.25, 0.3) is 0 Å². The van der Waals surface area contributed by atoms with Crippen LogP contribution in [0.3, 0.4) is 0 Å². The van der Waals surface area contributed by atoms with Gasteiger partial charge in [-0.2, -0.15) is 10.2 Å². The van der Waals surface area contributed by atoms with Gasteiger partial charge in [0.15, 0.2) is 0 Å². The summed E-state index contributed by atoms with van der Waals surface area (Å²) in [5.74, 6) is -0.600. The fraction of sp³-hybridized carbons (Fsp3) is 0.240. The average molecular weight is 466 g/mol. The molecular formula is C25H25ClFN5O. The predicted octanol–water partition coefficient (Wildman–Crippen LogP) is 4.82. The topological polar surface area (TPSA) is 64.7 Å². The van der Waals surface area contributed by atoms with Crippen LogP contribution < -0.4 is 5.32 Å². The third kappa shape index (κ3) is 4.98. The molecule has 0 spiro atoms. The molecule has 0 aliphatic rings. The molecule has 4 aromatic rings. The lowest BCUT2D eigenvalue weighted by Gasteiger charge is -2.08. The van der Waals surface area contributed by atoms with Crippen LogP contribution in [0.4, 0.5) is 4.39 Å². The van der Waals surface area contributed by atoms with Gasteiger partial charge in [0.05, 0.1) is 30.0 Å². The molecule has 2 aromatic carbocycles. The highest BCUT2D eigenvalue weighted by molar-refractivity contribution is 6.33. The second-order valence-corrected chi connectivity index (χ2v) is 8.37. The molecule has 2 aromatic heterocycles. The van der Waals surface area contributed by atoms with Crippen molar-refractivity contribution in [2.75, 3.05) is 0 Å². The Kier molecular flexibility index (Phi) is 6.60. The average Bonchev–Trinajstić information content (AvgIpc) is 3.22. The maximum absolute atomic E-state index is 13.2. The first-order valence-electron chi connectivity index (χ1n) is 10.7. The Morgan fingerprint density at radius 2 is 1.52 bits per heavy atom. The summed E-state index contributed by atoms with van der Waals surface area (Å²) in [6, 6.07) is 16.2. The van der Waals surface area contributed by atoms with Crippen molar-refractivity contribution in [3.63, 3.8) is 0 Å². The summed E-state index contributed by atoms with van der Waals surface area (Å²) in [5, 5.41) is 12.3. The van der Waals surface area contributed by atoms with E-state index in [2.05, 4.69) is 27.6 Å². The Labute approximate surface area is 197 Å². The van der Waals surface area contributed by atoms with Crippen LogP contribution in [0.2, 0.25) is 5.15 Å². The zero-order chi connectivity index (χ0) is 23.5. The standard InChI is InChI=1S/C25H25ClFN5O/c1-16-22(18(3)31(29-16)14-19-7-5-4-6-8-19)13-28-25(33)23-17(2)30-32(24(23)26)15-20-9-11-21(27)12-10-20/h4-12H,13-15H2,1-3H3,(H,28,33).